The van der Waals surface area contributed by atoms with Crippen LogP contribution in [-0.4, -0.2) is 37.4 Å². The second kappa shape index (κ2) is 7.96. The van der Waals surface area contributed by atoms with E-state index in [0.717, 1.165) is 12.1 Å². The molecular weight excluding hydrogens is 393 g/mol. The van der Waals surface area contributed by atoms with E-state index in [1.165, 1.54) is 12.1 Å². The van der Waals surface area contributed by atoms with Crippen LogP contribution in [0.1, 0.15) is 17.2 Å². The SMILES string of the molecule is Fc1cc(F)c(F)c([C@@H](c2ccc(OC(F)(F)F)cc2)N2CCNCC2)c1F. The van der Waals surface area contributed by atoms with Crippen LogP contribution in [0.2, 0.25) is 0 Å². The Labute approximate surface area is 155 Å². The molecule has 3 nitrogen and oxygen atoms in total. The quantitative estimate of drug-likeness (QED) is 0.608. The summed E-state index contributed by atoms with van der Waals surface area (Å²) in [5, 5.41) is 3.04. The van der Waals surface area contributed by atoms with Gasteiger partial charge in [0.2, 0.25) is 0 Å². The second-order valence-corrected chi connectivity index (χ2v) is 6.19. The summed E-state index contributed by atoms with van der Waals surface area (Å²) in [4.78, 5) is 1.59. The average Bonchev–Trinajstić information content (AvgIpc) is 2.64. The molecule has 0 bridgehead atoms. The number of hydrogen-bond donors (Lipinski definition) is 1. The minimum absolute atomic E-state index is 0.114. The third-order valence-corrected chi connectivity index (χ3v) is 4.37. The van der Waals surface area contributed by atoms with E-state index in [-0.39, 0.29) is 11.6 Å². The van der Waals surface area contributed by atoms with Crippen LogP contribution < -0.4 is 10.1 Å². The molecule has 1 aliphatic heterocycles. The molecule has 0 unspecified atom stereocenters. The van der Waals surface area contributed by atoms with Gasteiger partial charge in [-0.3, -0.25) is 4.90 Å². The van der Waals surface area contributed by atoms with Crippen LogP contribution in [0.5, 0.6) is 5.75 Å². The molecule has 0 saturated carbocycles. The monoisotopic (exact) mass is 408 g/mol. The molecule has 1 fully saturated rings. The molecule has 1 N–H and O–H groups in total. The highest BCUT2D eigenvalue weighted by atomic mass is 19.4. The summed E-state index contributed by atoms with van der Waals surface area (Å²) >= 11 is 0. The molecule has 1 saturated heterocycles. The van der Waals surface area contributed by atoms with Gasteiger partial charge in [-0.2, -0.15) is 0 Å². The summed E-state index contributed by atoms with van der Waals surface area (Å²) in [5.41, 5.74) is -0.664. The predicted octanol–water partition coefficient (Wildman–Crippen LogP) is 4.14. The van der Waals surface area contributed by atoms with E-state index in [1.54, 1.807) is 4.90 Å². The topological polar surface area (TPSA) is 24.5 Å². The third kappa shape index (κ3) is 4.39. The highest BCUT2D eigenvalue weighted by Gasteiger charge is 2.33. The standard InChI is InChI=1S/C18H15F7N2O/c19-12-9-13(20)16(22)14(15(12)21)17(27-7-5-26-6-8-27)10-1-3-11(4-2-10)28-18(23,24)25/h1-4,9,17,26H,5-8H2/t17-/m1/s1. The van der Waals surface area contributed by atoms with Gasteiger partial charge in [0.15, 0.2) is 23.3 Å². The molecule has 152 valence electrons. The summed E-state index contributed by atoms with van der Waals surface area (Å²) in [5.74, 6) is -6.71. The maximum Gasteiger partial charge on any atom is 0.573 e. The maximum absolute atomic E-state index is 14.4. The lowest BCUT2D eigenvalue weighted by molar-refractivity contribution is -0.274. The van der Waals surface area contributed by atoms with Crippen LogP contribution in [0.4, 0.5) is 30.7 Å². The number of hydrogen-bond acceptors (Lipinski definition) is 3. The molecular formula is C18H15F7N2O. The number of nitrogens with zero attached hydrogens (tertiary/aromatic N) is 1. The number of halogens is 7. The van der Waals surface area contributed by atoms with Crippen molar-refractivity contribution < 1.29 is 35.5 Å². The lowest BCUT2D eigenvalue weighted by Gasteiger charge is -2.36. The number of alkyl halides is 3. The Hall–Kier alpha value is -2.33. The zero-order chi connectivity index (χ0) is 20.5. The summed E-state index contributed by atoms with van der Waals surface area (Å²) in [7, 11) is 0. The van der Waals surface area contributed by atoms with Gasteiger partial charge in [-0.25, -0.2) is 17.6 Å². The first-order valence-electron chi connectivity index (χ1n) is 8.30. The number of benzene rings is 2. The van der Waals surface area contributed by atoms with E-state index < -0.39 is 47.0 Å². The van der Waals surface area contributed by atoms with Crippen molar-refractivity contribution >= 4 is 0 Å². The Morgan fingerprint density at radius 1 is 0.893 bits per heavy atom. The van der Waals surface area contributed by atoms with Gasteiger partial charge in [-0.1, -0.05) is 12.1 Å². The Morgan fingerprint density at radius 3 is 1.93 bits per heavy atom. The van der Waals surface area contributed by atoms with E-state index in [0.29, 0.717) is 26.2 Å². The number of rotatable bonds is 4. The van der Waals surface area contributed by atoms with Crippen LogP contribution >= 0.6 is 0 Å². The summed E-state index contributed by atoms with van der Waals surface area (Å²) in [6, 6.07) is 3.19. The molecule has 3 rings (SSSR count). The van der Waals surface area contributed by atoms with E-state index in [9.17, 15) is 30.7 Å². The largest absolute Gasteiger partial charge is 0.573 e. The molecule has 1 heterocycles. The number of ether oxygens (including phenoxy) is 1. The van der Waals surface area contributed by atoms with Gasteiger partial charge >= 0.3 is 6.36 Å². The van der Waals surface area contributed by atoms with Gasteiger partial charge in [0, 0.05) is 32.2 Å². The average molecular weight is 408 g/mol. The minimum Gasteiger partial charge on any atom is -0.406 e. The van der Waals surface area contributed by atoms with Crippen molar-refractivity contribution in [2.45, 2.75) is 12.4 Å². The van der Waals surface area contributed by atoms with Crippen molar-refractivity contribution in [3.05, 3.63) is 64.7 Å². The molecule has 2 aromatic rings. The molecule has 1 atom stereocenters. The lowest BCUT2D eigenvalue weighted by atomic mass is 9.95. The molecule has 28 heavy (non-hydrogen) atoms. The van der Waals surface area contributed by atoms with Crippen LogP contribution in [0, 0.1) is 23.3 Å². The number of nitrogens with one attached hydrogen (secondary N) is 1. The minimum atomic E-state index is -4.90. The molecule has 0 spiro atoms. The summed E-state index contributed by atoms with van der Waals surface area (Å²) < 4.78 is 97.2. The van der Waals surface area contributed by atoms with E-state index in [2.05, 4.69) is 10.1 Å². The zero-order valence-electron chi connectivity index (χ0n) is 14.3. The normalized spacial score (nSPS) is 16.8. The van der Waals surface area contributed by atoms with Crippen molar-refractivity contribution in [3.8, 4) is 5.75 Å². The first kappa shape index (κ1) is 20.4. The fraction of sp³-hybridized carbons (Fsp3) is 0.333. The van der Waals surface area contributed by atoms with Gasteiger partial charge in [0.05, 0.1) is 11.6 Å². The van der Waals surface area contributed by atoms with E-state index in [1.807, 2.05) is 0 Å². The van der Waals surface area contributed by atoms with Gasteiger partial charge in [0.25, 0.3) is 0 Å². The first-order valence-corrected chi connectivity index (χ1v) is 8.30. The van der Waals surface area contributed by atoms with Gasteiger partial charge in [-0.05, 0) is 17.7 Å². The molecule has 0 radical (unpaired) electrons. The number of piperazine rings is 1. The second-order valence-electron chi connectivity index (χ2n) is 6.19. The van der Waals surface area contributed by atoms with Crippen molar-refractivity contribution in [3.63, 3.8) is 0 Å². The maximum atomic E-state index is 14.4. The van der Waals surface area contributed by atoms with E-state index in [4.69, 9.17) is 0 Å². The van der Waals surface area contributed by atoms with Gasteiger partial charge in [0.1, 0.15) is 5.75 Å². The highest BCUT2D eigenvalue weighted by molar-refractivity contribution is 5.38. The smallest absolute Gasteiger partial charge is 0.406 e. The fourth-order valence-corrected chi connectivity index (χ4v) is 3.18. The molecule has 0 aliphatic carbocycles. The van der Waals surface area contributed by atoms with Crippen LogP contribution in [0.25, 0.3) is 0 Å². The fourth-order valence-electron chi connectivity index (χ4n) is 3.18. The highest BCUT2D eigenvalue weighted by Crippen LogP contribution is 2.35. The molecule has 0 amide bonds. The van der Waals surface area contributed by atoms with Gasteiger partial charge < -0.3 is 10.1 Å². The van der Waals surface area contributed by atoms with Crippen molar-refractivity contribution in [2.75, 3.05) is 26.2 Å². The van der Waals surface area contributed by atoms with Crippen molar-refractivity contribution in [1.29, 1.82) is 0 Å². The van der Waals surface area contributed by atoms with Crippen molar-refractivity contribution in [2.24, 2.45) is 0 Å². The Balaban J connectivity index is 2.06. The zero-order valence-corrected chi connectivity index (χ0v) is 14.3. The first-order chi connectivity index (χ1) is 13.2. The predicted molar refractivity (Wildman–Crippen MR) is 85.7 cm³/mol. The molecule has 0 aromatic heterocycles. The molecule has 2 aromatic carbocycles. The van der Waals surface area contributed by atoms with Crippen LogP contribution in [-0.2, 0) is 0 Å². The van der Waals surface area contributed by atoms with Gasteiger partial charge in [-0.15, -0.1) is 13.2 Å². The lowest BCUT2D eigenvalue weighted by Crippen LogP contribution is -2.46. The Morgan fingerprint density at radius 2 is 1.43 bits per heavy atom. The summed E-state index contributed by atoms with van der Waals surface area (Å²) in [6.07, 6.45) is -4.90. The van der Waals surface area contributed by atoms with E-state index >= 15 is 0 Å². The Kier molecular flexibility index (Phi) is 5.80. The van der Waals surface area contributed by atoms with Crippen LogP contribution in [0.3, 0.4) is 0 Å². The van der Waals surface area contributed by atoms with Crippen LogP contribution in [0.15, 0.2) is 30.3 Å². The molecule has 10 heteroatoms. The summed E-state index contributed by atoms with van der Waals surface area (Å²) in [6.45, 7) is 1.55. The molecule has 1 aliphatic rings. The Bertz CT molecular complexity index is 807. The third-order valence-electron chi connectivity index (χ3n) is 4.37. The van der Waals surface area contributed by atoms with Crippen molar-refractivity contribution in [1.82, 2.24) is 10.2 Å².